The molecular weight excluding hydrogens is 218 g/mol. The molecule has 0 aromatic rings. The normalized spacial score (nSPS) is 28.3. The summed E-state index contributed by atoms with van der Waals surface area (Å²) in [5.41, 5.74) is 1.37. The summed E-state index contributed by atoms with van der Waals surface area (Å²) in [5.74, 6) is 2.76. The van der Waals surface area contributed by atoms with E-state index in [9.17, 15) is 0 Å². The third-order valence-electron chi connectivity index (χ3n) is 4.39. The Kier molecular flexibility index (Phi) is 7.65. The topological polar surface area (TPSA) is 12.0 Å². The molecule has 0 heterocycles. The van der Waals surface area contributed by atoms with E-state index >= 15 is 0 Å². The predicted octanol–water partition coefficient (Wildman–Crippen LogP) is 4.78. The van der Waals surface area contributed by atoms with Gasteiger partial charge in [-0.3, -0.25) is 0 Å². The predicted molar refractivity (Wildman–Crippen MR) is 81.8 cm³/mol. The van der Waals surface area contributed by atoms with Crippen molar-refractivity contribution in [1.29, 1.82) is 0 Å². The minimum Gasteiger partial charge on any atom is -0.316 e. The van der Waals surface area contributed by atoms with Crippen LogP contribution in [0.1, 0.15) is 65.7 Å². The first-order valence-corrected chi connectivity index (χ1v) is 8.02. The summed E-state index contributed by atoms with van der Waals surface area (Å²) in [4.78, 5) is 0. The van der Waals surface area contributed by atoms with E-state index in [0.29, 0.717) is 0 Å². The molecule has 0 aliphatic heterocycles. The summed E-state index contributed by atoms with van der Waals surface area (Å²) in [7, 11) is 0. The lowest BCUT2D eigenvalue weighted by Gasteiger charge is -2.36. The SMILES string of the molecule is C=C(C)CC1CC(CCC)CCC1CNCCC. The third kappa shape index (κ3) is 5.56. The Balaban J connectivity index is 2.45. The van der Waals surface area contributed by atoms with Crippen molar-refractivity contribution in [2.75, 3.05) is 13.1 Å². The lowest BCUT2D eigenvalue weighted by Crippen LogP contribution is -2.33. The Hall–Kier alpha value is -0.300. The Bertz CT molecular complexity index is 234. The second-order valence-electron chi connectivity index (χ2n) is 6.35. The number of hydrogen-bond acceptors (Lipinski definition) is 1. The van der Waals surface area contributed by atoms with Crippen LogP contribution in [0.25, 0.3) is 0 Å². The molecule has 1 nitrogen and oxygen atoms in total. The van der Waals surface area contributed by atoms with E-state index in [2.05, 4.69) is 32.7 Å². The van der Waals surface area contributed by atoms with E-state index in [0.717, 1.165) is 17.8 Å². The average molecular weight is 251 g/mol. The minimum absolute atomic E-state index is 0.886. The molecule has 0 aromatic carbocycles. The molecule has 1 rings (SSSR count). The van der Waals surface area contributed by atoms with Gasteiger partial charge in [0.15, 0.2) is 0 Å². The molecule has 106 valence electrons. The summed E-state index contributed by atoms with van der Waals surface area (Å²) in [6.45, 7) is 13.3. The van der Waals surface area contributed by atoms with E-state index < -0.39 is 0 Å². The van der Waals surface area contributed by atoms with Crippen LogP contribution in [0.4, 0.5) is 0 Å². The Morgan fingerprint density at radius 1 is 1.17 bits per heavy atom. The van der Waals surface area contributed by atoms with Crippen molar-refractivity contribution in [3.8, 4) is 0 Å². The summed E-state index contributed by atoms with van der Waals surface area (Å²) < 4.78 is 0. The Morgan fingerprint density at radius 2 is 1.94 bits per heavy atom. The highest BCUT2D eigenvalue weighted by molar-refractivity contribution is 4.94. The number of hydrogen-bond donors (Lipinski definition) is 1. The molecule has 1 N–H and O–H groups in total. The highest BCUT2D eigenvalue weighted by atomic mass is 14.9. The van der Waals surface area contributed by atoms with E-state index in [1.807, 2.05) is 0 Å². The fraction of sp³-hybridized carbons (Fsp3) is 0.882. The van der Waals surface area contributed by atoms with Crippen LogP contribution >= 0.6 is 0 Å². The molecule has 0 saturated heterocycles. The van der Waals surface area contributed by atoms with Gasteiger partial charge in [-0.1, -0.05) is 38.7 Å². The summed E-state index contributed by atoms with van der Waals surface area (Å²) in [5, 5.41) is 3.63. The highest BCUT2D eigenvalue weighted by Crippen LogP contribution is 2.38. The van der Waals surface area contributed by atoms with Gasteiger partial charge in [0, 0.05) is 0 Å². The number of rotatable bonds is 8. The second-order valence-corrected chi connectivity index (χ2v) is 6.35. The van der Waals surface area contributed by atoms with Gasteiger partial charge in [-0.25, -0.2) is 0 Å². The summed E-state index contributed by atoms with van der Waals surface area (Å²) >= 11 is 0. The average Bonchev–Trinajstić information content (AvgIpc) is 2.32. The smallest absolute Gasteiger partial charge is 0.00178 e. The first-order chi connectivity index (χ1) is 8.67. The van der Waals surface area contributed by atoms with Crippen LogP contribution in [0, 0.1) is 17.8 Å². The monoisotopic (exact) mass is 251 g/mol. The molecule has 0 amide bonds. The Labute approximate surface area is 114 Å². The van der Waals surface area contributed by atoms with Crippen molar-refractivity contribution in [2.45, 2.75) is 65.7 Å². The molecule has 0 aromatic heterocycles. The standard InChI is InChI=1S/C17H33N/c1-5-7-15-8-9-16(13-18-10-6-2)17(12-15)11-14(3)4/h15-18H,3,5-13H2,1-2,4H3. The van der Waals surface area contributed by atoms with Crippen molar-refractivity contribution >= 4 is 0 Å². The van der Waals surface area contributed by atoms with Gasteiger partial charge in [0.2, 0.25) is 0 Å². The summed E-state index contributed by atoms with van der Waals surface area (Å²) in [6.07, 6.45) is 9.61. The first kappa shape index (κ1) is 15.8. The first-order valence-electron chi connectivity index (χ1n) is 8.02. The van der Waals surface area contributed by atoms with E-state index in [4.69, 9.17) is 0 Å². The third-order valence-corrected chi connectivity index (χ3v) is 4.39. The largest absolute Gasteiger partial charge is 0.316 e. The summed E-state index contributed by atoms with van der Waals surface area (Å²) in [6, 6.07) is 0. The maximum Gasteiger partial charge on any atom is -0.00178 e. The molecule has 1 heteroatoms. The van der Waals surface area contributed by atoms with Crippen LogP contribution < -0.4 is 5.32 Å². The molecule has 1 fully saturated rings. The lowest BCUT2D eigenvalue weighted by molar-refractivity contribution is 0.167. The molecule has 0 bridgehead atoms. The van der Waals surface area contributed by atoms with Gasteiger partial charge in [0.25, 0.3) is 0 Å². The van der Waals surface area contributed by atoms with Crippen LogP contribution in [0.5, 0.6) is 0 Å². The van der Waals surface area contributed by atoms with Gasteiger partial charge >= 0.3 is 0 Å². The molecular formula is C17H33N. The van der Waals surface area contributed by atoms with Crippen molar-refractivity contribution in [3.05, 3.63) is 12.2 Å². The van der Waals surface area contributed by atoms with Crippen molar-refractivity contribution in [2.24, 2.45) is 17.8 Å². The van der Waals surface area contributed by atoms with Crippen LogP contribution in [0.15, 0.2) is 12.2 Å². The van der Waals surface area contributed by atoms with Crippen LogP contribution in [-0.2, 0) is 0 Å². The van der Waals surface area contributed by atoms with Gasteiger partial charge < -0.3 is 5.32 Å². The van der Waals surface area contributed by atoms with Crippen LogP contribution in [0.2, 0.25) is 0 Å². The molecule has 1 saturated carbocycles. The molecule has 0 radical (unpaired) electrons. The fourth-order valence-electron chi connectivity index (χ4n) is 3.52. The van der Waals surface area contributed by atoms with Crippen molar-refractivity contribution < 1.29 is 0 Å². The van der Waals surface area contributed by atoms with Gasteiger partial charge in [-0.15, -0.1) is 6.58 Å². The number of nitrogens with one attached hydrogen (secondary N) is 1. The number of allylic oxidation sites excluding steroid dienone is 1. The van der Waals surface area contributed by atoms with Gasteiger partial charge in [0.1, 0.15) is 0 Å². The zero-order valence-corrected chi connectivity index (χ0v) is 12.8. The zero-order valence-electron chi connectivity index (χ0n) is 12.8. The molecule has 1 aliphatic carbocycles. The fourth-order valence-corrected chi connectivity index (χ4v) is 3.52. The maximum absolute atomic E-state index is 4.13. The van der Waals surface area contributed by atoms with Gasteiger partial charge in [0.05, 0.1) is 0 Å². The maximum atomic E-state index is 4.13. The molecule has 3 atom stereocenters. The second kappa shape index (κ2) is 8.74. The molecule has 3 unspecified atom stereocenters. The van der Waals surface area contributed by atoms with Crippen molar-refractivity contribution in [1.82, 2.24) is 5.32 Å². The van der Waals surface area contributed by atoms with E-state index in [1.54, 1.807) is 0 Å². The minimum atomic E-state index is 0.886. The molecule has 1 aliphatic rings. The zero-order chi connectivity index (χ0) is 13.4. The van der Waals surface area contributed by atoms with Gasteiger partial charge in [-0.05, 0) is 63.5 Å². The molecule has 0 spiro atoms. The van der Waals surface area contributed by atoms with Gasteiger partial charge in [-0.2, -0.15) is 0 Å². The molecule has 18 heavy (non-hydrogen) atoms. The van der Waals surface area contributed by atoms with Crippen molar-refractivity contribution in [3.63, 3.8) is 0 Å². The van der Waals surface area contributed by atoms with E-state index in [1.165, 1.54) is 63.6 Å². The highest BCUT2D eigenvalue weighted by Gasteiger charge is 2.29. The van der Waals surface area contributed by atoms with Crippen LogP contribution in [0.3, 0.4) is 0 Å². The van der Waals surface area contributed by atoms with Crippen LogP contribution in [-0.4, -0.2) is 13.1 Å². The quantitative estimate of drug-likeness (QED) is 0.483. The van der Waals surface area contributed by atoms with E-state index in [-0.39, 0.29) is 0 Å². The lowest BCUT2D eigenvalue weighted by atomic mass is 9.70. The Morgan fingerprint density at radius 3 is 2.56 bits per heavy atom.